The third-order valence-corrected chi connectivity index (χ3v) is 3.95. The van der Waals surface area contributed by atoms with E-state index in [2.05, 4.69) is 20.9 Å². The summed E-state index contributed by atoms with van der Waals surface area (Å²) in [7, 11) is 0. The molecule has 102 valence electrons. The van der Waals surface area contributed by atoms with Gasteiger partial charge in [0.05, 0.1) is 11.4 Å². The molecule has 0 aliphatic heterocycles. The number of hydrogen-bond donors (Lipinski definition) is 0. The van der Waals surface area contributed by atoms with Crippen LogP contribution in [0.4, 0.5) is 4.39 Å². The van der Waals surface area contributed by atoms with Crippen molar-refractivity contribution in [3.63, 3.8) is 0 Å². The van der Waals surface area contributed by atoms with Crippen molar-refractivity contribution in [3.05, 3.63) is 64.1 Å². The van der Waals surface area contributed by atoms with Crippen molar-refractivity contribution in [1.29, 1.82) is 0 Å². The lowest BCUT2D eigenvalue weighted by Gasteiger charge is -2.08. The molecule has 0 fully saturated rings. The summed E-state index contributed by atoms with van der Waals surface area (Å²) in [6.07, 6.45) is 0. The molecular weight excluding hydrogens is 343 g/mol. The van der Waals surface area contributed by atoms with E-state index < -0.39 is 0 Å². The van der Waals surface area contributed by atoms with E-state index >= 15 is 0 Å². The Labute approximate surface area is 129 Å². The number of halogens is 3. The fourth-order valence-corrected chi connectivity index (χ4v) is 2.68. The molecule has 0 bridgehead atoms. The van der Waals surface area contributed by atoms with Gasteiger partial charge in [-0.15, -0.1) is 11.6 Å². The molecule has 0 amide bonds. The summed E-state index contributed by atoms with van der Waals surface area (Å²) in [5.74, 6) is 0.614. The van der Waals surface area contributed by atoms with Crippen LogP contribution in [0.5, 0.6) is 0 Å². The van der Waals surface area contributed by atoms with E-state index in [4.69, 9.17) is 11.6 Å². The average molecular weight is 354 g/mol. The molecule has 5 heteroatoms. The van der Waals surface area contributed by atoms with E-state index in [1.54, 1.807) is 6.07 Å². The van der Waals surface area contributed by atoms with E-state index in [1.165, 1.54) is 6.07 Å². The first-order valence-electron chi connectivity index (χ1n) is 6.13. The van der Waals surface area contributed by atoms with Crippen molar-refractivity contribution in [2.24, 2.45) is 0 Å². The maximum Gasteiger partial charge on any atom is 0.151 e. The molecule has 20 heavy (non-hydrogen) atoms. The van der Waals surface area contributed by atoms with Crippen LogP contribution in [0.15, 0.2) is 46.9 Å². The zero-order valence-corrected chi connectivity index (χ0v) is 12.8. The maximum atomic E-state index is 13.8. The van der Waals surface area contributed by atoms with Crippen LogP contribution in [0.25, 0.3) is 11.0 Å². The first-order valence-corrected chi connectivity index (χ1v) is 7.46. The van der Waals surface area contributed by atoms with Gasteiger partial charge in [-0.3, -0.25) is 0 Å². The Kier molecular flexibility index (Phi) is 3.76. The average Bonchev–Trinajstić information content (AvgIpc) is 2.81. The molecule has 0 radical (unpaired) electrons. The van der Waals surface area contributed by atoms with Crippen LogP contribution in [-0.2, 0) is 12.4 Å². The van der Waals surface area contributed by atoms with Crippen molar-refractivity contribution in [1.82, 2.24) is 9.55 Å². The van der Waals surface area contributed by atoms with Crippen molar-refractivity contribution in [2.45, 2.75) is 12.4 Å². The van der Waals surface area contributed by atoms with Gasteiger partial charge in [-0.25, -0.2) is 9.37 Å². The van der Waals surface area contributed by atoms with Gasteiger partial charge in [0.2, 0.25) is 0 Å². The molecule has 3 rings (SSSR count). The highest BCUT2D eigenvalue weighted by Gasteiger charge is 2.13. The summed E-state index contributed by atoms with van der Waals surface area (Å²) >= 11 is 9.35. The van der Waals surface area contributed by atoms with E-state index in [0.717, 1.165) is 15.6 Å². The van der Waals surface area contributed by atoms with Crippen LogP contribution in [0.1, 0.15) is 11.4 Å². The fraction of sp³-hybridized carbons (Fsp3) is 0.133. The molecule has 0 atom stereocenters. The van der Waals surface area contributed by atoms with Gasteiger partial charge in [-0.2, -0.15) is 0 Å². The minimum atomic E-state index is -0.316. The normalized spacial score (nSPS) is 11.2. The van der Waals surface area contributed by atoms with Gasteiger partial charge in [-0.1, -0.05) is 34.1 Å². The van der Waals surface area contributed by atoms with Crippen LogP contribution in [0.2, 0.25) is 0 Å². The van der Waals surface area contributed by atoms with Crippen molar-refractivity contribution in [3.8, 4) is 0 Å². The van der Waals surface area contributed by atoms with Crippen LogP contribution >= 0.6 is 27.5 Å². The van der Waals surface area contributed by atoms with Crippen LogP contribution in [0.3, 0.4) is 0 Å². The van der Waals surface area contributed by atoms with E-state index in [9.17, 15) is 4.39 Å². The standard InChI is InChI=1S/C15H11BrClFN2/c16-11-6-4-10(5-7-11)9-20-13-3-1-2-12(18)15(13)19-14(20)8-17/h1-7H,8-9H2. The lowest BCUT2D eigenvalue weighted by Crippen LogP contribution is -2.03. The predicted molar refractivity (Wildman–Crippen MR) is 82.5 cm³/mol. The molecular formula is C15H11BrClFN2. The van der Waals surface area contributed by atoms with Gasteiger partial charge < -0.3 is 4.57 Å². The second kappa shape index (κ2) is 5.54. The fourth-order valence-electron chi connectivity index (χ4n) is 2.21. The molecule has 0 saturated heterocycles. The second-order valence-corrected chi connectivity index (χ2v) is 5.66. The molecule has 0 N–H and O–H groups in total. The predicted octanol–water partition coefficient (Wildman–Crippen LogP) is 4.73. The number of aromatic nitrogens is 2. The molecule has 1 aromatic heterocycles. The summed E-state index contributed by atoms with van der Waals surface area (Å²) in [5.41, 5.74) is 2.26. The van der Waals surface area contributed by atoms with Crippen LogP contribution < -0.4 is 0 Å². The number of nitrogens with zero attached hydrogens (tertiary/aromatic N) is 2. The van der Waals surface area contributed by atoms with E-state index in [0.29, 0.717) is 17.9 Å². The smallest absolute Gasteiger partial charge is 0.151 e. The van der Waals surface area contributed by atoms with Gasteiger partial charge in [0.25, 0.3) is 0 Å². The van der Waals surface area contributed by atoms with Crippen molar-refractivity contribution in [2.75, 3.05) is 0 Å². The molecule has 0 unspecified atom stereocenters. The molecule has 0 spiro atoms. The number of alkyl halides is 1. The van der Waals surface area contributed by atoms with Gasteiger partial charge in [-0.05, 0) is 29.8 Å². The molecule has 2 nitrogen and oxygen atoms in total. The highest BCUT2D eigenvalue weighted by molar-refractivity contribution is 9.10. The minimum Gasteiger partial charge on any atom is -0.322 e. The second-order valence-electron chi connectivity index (χ2n) is 4.48. The van der Waals surface area contributed by atoms with Gasteiger partial charge in [0.1, 0.15) is 11.3 Å². The number of imidazole rings is 1. The number of hydrogen-bond acceptors (Lipinski definition) is 1. The molecule has 2 aromatic carbocycles. The quantitative estimate of drug-likeness (QED) is 0.623. The lowest BCUT2D eigenvalue weighted by molar-refractivity contribution is 0.637. The SMILES string of the molecule is Fc1cccc2c1nc(CCl)n2Cc1ccc(Br)cc1. The number of rotatable bonds is 3. The number of fused-ring (bicyclic) bond motifs is 1. The molecule has 0 aliphatic rings. The first-order chi connectivity index (χ1) is 9.69. The summed E-state index contributed by atoms with van der Waals surface area (Å²) in [6.45, 7) is 0.620. The third-order valence-electron chi connectivity index (χ3n) is 3.18. The van der Waals surface area contributed by atoms with E-state index in [1.807, 2.05) is 34.9 Å². The molecule has 1 heterocycles. The zero-order valence-electron chi connectivity index (χ0n) is 10.5. The zero-order chi connectivity index (χ0) is 14.1. The van der Waals surface area contributed by atoms with Crippen molar-refractivity contribution < 1.29 is 4.39 Å². The summed E-state index contributed by atoms with van der Waals surface area (Å²) in [6, 6.07) is 13.0. The molecule has 3 aromatic rings. The maximum absolute atomic E-state index is 13.8. The van der Waals surface area contributed by atoms with Gasteiger partial charge >= 0.3 is 0 Å². The Hall–Kier alpha value is -1.39. The van der Waals surface area contributed by atoms with Crippen LogP contribution in [-0.4, -0.2) is 9.55 Å². The summed E-state index contributed by atoms with van der Waals surface area (Å²) in [4.78, 5) is 4.29. The minimum absolute atomic E-state index is 0.255. The number of para-hydroxylation sites is 1. The Bertz CT molecular complexity index is 752. The number of benzene rings is 2. The first kappa shape index (κ1) is 13.6. The largest absolute Gasteiger partial charge is 0.322 e. The Morgan fingerprint density at radius 2 is 1.90 bits per heavy atom. The highest BCUT2D eigenvalue weighted by atomic mass is 79.9. The van der Waals surface area contributed by atoms with Crippen LogP contribution in [0, 0.1) is 5.82 Å². The summed E-state index contributed by atoms with van der Waals surface area (Å²) in [5, 5.41) is 0. The Morgan fingerprint density at radius 1 is 1.15 bits per heavy atom. The van der Waals surface area contributed by atoms with Gasteiger partial charge in [0.15, 0.2) is 5.82 Å². The topological polar surface area (TPSA) is 17.8 Å². The third kappa shape index (κ3) is 2.45. The monoisotopic (exact) mass is 352 g/mol. The summed E-state index contributed by atoms with van der Waals surface area (Å²) < 4.78 is 16.8. The highest BCUT2D eigenvalue weighted by Crippen LogP contribution is 2.22. The van der Waals surface area contributed by atoms with E-state index in [-0.39, 0.29) is 11.7 Å². The van der Waals surface area contributed by atoms with Gasteiger partial charge in [0, 0.05) is 11.0 Å². The van der Waals surface area contributed by atoms with Crippen molar-refractivity contribution >= 4 is 38.6 Å². The Morgan fingerprint density at radius 3 is 2.60 bits per heavy atom. The lowest BCUT2D eigenvalue weighted by atomic mass is 10.2. The Balaban J connectivity index is 2.10. The molecule has 0 aliphatic carbocycles. The molecule has 0 saturated carbocycles.